The quantitative estimate of drug-likeness (QED) is 0.468. The Bertz CT molecular complexity index is 897. The average molecular weight is 445 g/mol. The molecule has 0 fully saturated rings. The molecule has 0 aliphatic heterocycles. The Morgan fingerprint density at radius 3 is 2.43 bits per heavy atom. The first-order valence-corrected chi connectivity index (χ1v) is 12.1. The van der Waals surface area contributed by atoms with Gasteiger partial charge in [0.1, 0.15) is 11.8 Å². The molecule has 28 heavy (non-hydrogen) atoms. The number of hydrogen-bond acceptors (Lipinski definition) is 8. The molecule has 2 rings (SSSR count). The zero-order chi connectivity index (χ0) is 20.9. The summed E-state index contributed by atoms with van der Waals surface area (Å²) in [4.78, 5) is 12.8. The summed E-state index contributed by atoms with van der Waals surface area (Å²) in [6.45, 7) is 5.83. The molecule has 11 heteroatoms. The van der Waals surface area contributed by atoms with E-state index in [9.17, 15) is 13.2 Å². The van der Waals surface area contributed by atoms with E-state index in [1.165, 1.54) is 18.4 Å². The van der Waals surface area contributed by atoms with E-state index in [1.54, 1.807) is 43.0 Å². The lowest BCUT2D eigenvalue weighted by atomic mass is 10.2. The highest BCUT2D eigenvalue weighted by Gasteiger charge is 2.32. The summed E-state index contributed by atoms with van der Waals surface area (Å²) in [5.74, 6) is 0.139. The van der Waals surface area contributed by atoms with Crippen LogP contribution in [0.1, 0.15) is 27.2 Å². The number of sulfonamides is 1. The van der Waals surface area contributed by atoms with Gasteiger partial charge in [0.25, 0.3) is 0 Å². The van der Waals surface area contributed by atoms with Gasteiger partial charge in [0, 0.05) is 5.25 Å². The maximum Gasteiger partial charge on any atom is 0.250 e. The summed E-state index contributed by atoms with van der Waals surface area (Å²) in [7, 11) is -2.17. The molecule has 2 aromatic rings. The second-order valence-electron chi connectivity index (χ2n) is 6.21. The van der Waals surface area contributed by atoms with Gasteiger partial charge in [0.05, 0.1) is 19.1 Å². The van der Waals surface area contributed by atoms with Crippen LogP contribution in [0.2, 0.25) is 0 Å². The molecule has 154 valence electrons. The van der Waals surface area contributed by atoms with Crippen molar-refractivity contribution in [1.82, 2.24) is 10.2 Å². The van der Waals surface area contributed by atoms with Gasteiger partial charge in [0.2, 0.25) is 21.1 Å². The first kappa shape index (κ1) is 22.4. The fourth-order valence-electron chi connectivity index (χ4n) is 2.49. The van der Waals surface area contributed by atoms with E-state index in [0.29, 0.717) is 21.8 Å². The van der Waals surface area contributed by atoms with Gasteiger partial charge >= 0.3 is 0 Å². The largest absolute Gasteiger partial charge is 0.497 e. The Kier molecular flexibility index (Phi) is 7.67. The molecule has 1 aromatic heterocycles. The minimum Gasteiger partial charge on any atom is -0.497 e. The van der Waals surface area contributed by atoms with Gasteiger partial charge in [-0.25, -0.2) is 8.42 Å². The molecule has 0 spiro atoms. The van der Waals surface area contributed by atoms with Crippen LogP contribution in [0.3, 0.4) is 0 Å². The second kappa shape index (κ2) is 9.57. The Balaban J connectivity index is 2.27. The number of thioether (sulfide) groups is 1. The van der Waals surface area contributed by atoms with Gasteiger partial charge in [-0.15, -0.1) is 10.2 Å². The Morgan fingerprint density at radius 2 is 1.93 bits per heavy atom. The number of nitrogens with zero attached hydrogens (tertiary/aromatic N) is 3. The van der Waals surface area contributed by atoms with Crippen molar-refractivity contribution < 1.29 is 17.9 Å². The molecule has 1 heterocycles. The Labute approximate surface area is 173 Å². The first-order valence-electron chi connectivity index (χ1n) is 8.60. The molecule has 1 amide bonds. The normalized spacial score (nSPS) is 12.6. The van der Waals surface area contributed by atoms with Crippen LogP contribution in [0, 0.1) is 0 Å². The molecule has 1 aromatic carbocycles. The third-order valence-electron chi connectivity index (χ3n) is 3.63. The topological polar surface area (TPSA) is 101 Å². The maximum atomic E-state index is 12.8. The highest BCUT2D eigenvalue weighted by Crippen LogP contribution is 2.29. The van der Waals surface area contributed by atoms with Gasteiger partial charge in [-0.1, -0.05) is 43.9 Å². The number of amides is 1. The molecule has 0 aliphatic rings. The standard InChI is InChI=1S/C17H24N4O4S3/c1-6-14(15(22)18-16-19-20-17(27-16)26-11(2)3)21(28(5,23)24)12-7-9-13(25-4)10-8-12/h7-11,14H,6H2,1-5H3,(H,18,19,22)/t14-/m1/s1. The zero-order valence-corrected chi connectivity index (χ0v) is 18.8. The van der Waals surface area contributed by atoms with Crippen LogP contribution in [0.4, 0.5) is 10.8 Å². The summed E-state index contributed by atoms with van der Waals surface area (Å²) in [5.41, 5.74) is 0.388. The SMILES string of the molecule is CC[C@H](C(=O)Nc1nnc(SC(C)C)s1)N(c1ccc(OC)cc1)S(C)(=O)=O. The van der Waals surface area contributed by atoms with Crippen LogP contribution in [-0.4, -0.2) is 49.2 Å². The number of rotatable bonds is 9. The van der Waals surface area contributed by atoms with Gasteiger partial charge in [-0.2, -0.15) is 0 Å². The summed E-state index contributed by atoms with van der Waals surface area (Å²) in [6, 6.07) is 5.60. The maximum absolute atomic E-state index is 12.8. The van der Waals surface area contributed by atoms with Crippen LogP contribution >= 0.6 is 23.1 Å². The predicted molar refractivity (Wildman–Crippen MR) is 114 cm³/mol. The van der Waals surface area contributed by atoms with Crippen molar-refractivity contribution in [2.75, 3.05) is 23.0 Å². The zero-order valence-electron chi connectivity index (χ0n) is 16.4. The molecular formula is C17H24N4O4S3. The van der Waals surface area contributed by atoms with Crippen molar-refractivity contribution in [3.8, 4) is 5.75 Å². The second-order valence-corrected chi connectivity index (χ2v) is 10.9. The molecule has 1 N–H and O–H groups in total. The van der Waals surface area contributed by atoms with Crippen molar-refractivity contribution in [3.05, 3.63) is 24.3 Å². The van der Waals surface area contributed by atoms with E-state index in [2.05, 4.69) is 15.5 Å². The number of nitrogens with one attached hydrogen (secondary N) is 1. The van der Waals surface area contributed by atoms with Crippen molar-refractivity contribution in [2.45, 2.75) is 42.8 Å². The molecule has 8 nitrogen and oxygen atoms in total. The fourth-order valence-corrected chi connectivity index (χ4v) is 5.68. The van der Waals surface area contributed by atoms with Crippen LogP contribution in [0.15, 0.2) is 28.6 Å². The van der Waals surface area contributed by atoms with Crippen molar-refractivity contribution in [3.63, 3.8) is 0 Å². The Morgan fingerprint density at radius 1 is 1.29 bits per heavy atom. The molecule has 0 unspecified atom stereocenters. The van der Waals surface area contributed by atoms with E-state index in [0.717, 1.165) is 14.9 Å². The number of benzene rings is 1. The van der Waals surface area contributed by atoms with Crippen LogP contribution in [0.25, 0.3) is 0 Å². The van der Waals surface area contributed by atoms with Crippen LogP contribution in [0.5, 0.6) is 5.75 Å². The molecule has 1 atom stereocenters. The molecule has 0 bridgehead atoms. The number of hydrogen-bond donors (Lipinski definition) is 1. The average Bonchev–Trinajstić information content (AvgIpc) is 3.04. The summed E-state index contributed by atoms with van der Waals surface area (Å²) in [5, 5.41) is 11.4. The van der Waals surface area contributed by atoms with Crippen molar-refractivity contribution >= 4 is 49.8 Å². The lowest BCUT2D eigenvalue weighted by Gasteiger charge is -2.29. The van der Waals surface area contributed by atoms with Gasteiger partial charge in [-0.05, 0) is 30.7 Å². The number of methoxy groups -OCH3 is 1. The van der Waals surface area contributed by atoms with E-state index >= 15 is 0 Å². The van der Waals surface area contributed by atoms with Gasteiger partial charge in [0.15, 0.2) is 4.34 Å². The van der Waals surface area contributed by atoms with Crippen molar-refractivity contribution in [1.29, 1.82) is 0 Å². The lowest BCUT2D eigenvalue weighted by Crippen LogP contribution is -2.46. The number of anilines is 2. The summed E-state index contributed by atoms with van der Waals surface area (Å²) < 4.78 is 31.9. The molecular weight excluding hydrogens is 420 g/mol. The van der Waals surface area contributed by atoms with E-state index in [-0.39, 0.29) is 6.42 Å². The van der Waals surface area contributed by atoms with Crippen LogP contribution < -0.4 is 14.4 Å². The number of ether oxygens (including phenoxy) is 1. The minimum absolute atomic E-state index is 0.289. The van der Waals surface area contributed by atoms with Crippen LogP contribution in [-0.2, 0) is 14.8 Å². The van der Waals surface area contributed by atoms with E-state index < -0.39 is 22.0 Å². The summed E-state index contributed by atoms with van der Waals surface area (Å²) >= 11 is 2.81. The Hall–Kier alpha value is -1.85. The highest BCUT2D eigenvalue weighted by atomic mass is 32.2. The number of carbonyl (C=O) groups excluding carboxylic acids is 1. The third kappa shape index (κ3) is 5.82. The third-order valence-corrected chi connectivity index (χ3v) is 6.74. The molecule has 0 saturated heterocycles. The number of aromatic nitrogens is 2. The molecule has 0 radical (unpaired) electrons. The van der Waals surface area contributed by atoms with Gasteiger partial charge in [-0.3, -0.25) is 14.4 Å². The predicted octanol–water partition coefficient (Wildman–Crippen LogP) is 3.23. The van der Waals surface area contributed by atoms with E-state index in [4.69, 9.17) is 4.74 Å². The number of carbonyl (C=O) groups is 1. The summed E-state index contributed by atoms with van der Waals surface area (Å²) in [6.07, 6.45) is 1.37. The lowest BCUT2D eigenvalue weighted by molar-refractivity contribution is -0.117. The molecule has 0 saturated carbocycles. The highest BCUT2D eigenvalue weighted by molar-refractivity contribution is 8.01. The molecule has 0 aliphatic carbocycles. The smallest absolute Gasteiger partial charge is 0.250 e. The van der Waals surface area contributed by atoms with Gasteiger partial charge < -0.3 is 4.74 Å². The van der Waals surface area contributed by atoms with Crippen molar-refractivity contribution in [2.24, 2.45) is 0 Å². The first-order chi connectivity index (χ1) is 13.2. The monoisotopic (exact) mass is 444 g/mol. The minimum atomic E-state index is -3.70. The fraction of sp³-hybridized carbons (Fsp3) is 0.471. The van der Waals surface area contributed by atoms with E-state index in [1.807, 2.05) is 13.8 Å².